The molecule has 1 unspecified atom stereocenters. The Kier molecular flexibility index (Phi) is 8.52. The molecule has 2 aromatic carbocycles. The van der Waals surface area contributed by atoms with E-state index in [1.807, 2.05) is 11.8 Å². The Bertz CT molecular complexity index is 1190. The molecular formula is C24H29ClF3N3O3S. The standard InChI is InChI=1S/C24H29ClF3N3O3S/c1-3-35(33,34)21-9-7-18(25)11-17(21)13-30-23(32)16-6-8-19(20(12-16)24(26,27)28)22(29)31-10-4-5-15(2)14-31/h6-9,11-12,15,22H,3-5,10,13-14,29H2,1-2H3,(H,30,32)/t15?,22-/m1/s1. The lowest BCUT2D eigenvalue weighted by molar-refractivity contribution is -0.138. The largest absolute Gasteiger partial charge is 0.416 e. The van der Waals surface area contributed by atoms with Crippen molar-refractivity contribution in [3.8, 4) is 0 Å². The minimum Gasteiger partial charge on any atom is -0.348 e. The Balaban J connectivity index is 1.86. The van der Waals surface area contributed by atoms with E-state index in [0.29, 0.717) is 19.0 Å². The third-order valence-electron chi connectivity index (χ3n) is 6.20. The number of nitrogens with zero attached hydrogens (tertiary/aromatic N) is 1. The van der Waals surface area contributed by atoms with E-state index in [4.69, 9.17) is 17.3 Å². The molecule has 192 valence electrons. The summed E-state index contributed by atoms with van der Waals surface area (Å²) in [5.74, 6) is -0.591. The van der Waals surface area contributed by atoms with Crippen molar-refractivity contribution in [1.82, 2.24) is 10.2 Å². The number of rotatable bonds is 7. The van der Waals surface area contributed by atoms with Crippen LogP contribution in [0.15, 0.2) is 41.3 Å². The van der Waals surface area contributed by atoms with Gasteiger partial charge in [0.05, 0.1) is 22.4 Å². The van der Waals surface area contributed by atoms with Crippen LogP contribution in [0.2, 0.25) is 5.02 Å². The zero-order valence-electron chi connectivity index (χ0n) is 19.5. The highest BCUT2D eigenvalue weighted by atomic mass is 35.5. The lowest BCUT2D eigenvalue weighted by atomic mass is 9.96. The fourth-order valence-electron chi connectivity index (χ4n) is 4.30. The molecule has 0 saturated carbocycles. The van der Waals surface area contributed by atoms with Crippen molar-refractivity contribution in [2.24, 2.45) is 11.7 Å². The highest BCUT2D eigenvalue weighted by Gasteiger charge is 2.37. The normalized spacial score (nSPS) is 18.3. The summed E-state index contributed by atoms with van der Waals surface area (Å²) >= 11 is 5.99. The smallest absolute Gasteiger partial charge is 0.348 e. The third-order valence-corrected chi connectivity index (χ3v) is 8.26. The molecule has 3 N–H and O–H groups in total. The first-order chi connectivity index (χ1) is 16.3. The summed E-state index contributed by atoms with van der Waals surface area (Å²) in [4.78, 5) is 14.6. The van der Waals surface area contributed by atoms with Crippen LogP contribution in [0.3, 0.4) is 0 Å². The molecule has 0 aliphatic carbocycles. The van der Waals surface area contributed by atoms with E-state index in [-0.39, 0.29) is 38.9 Å². The number of carbonyl (C=O) groups is 1. The topological polar surface area (TPSA) is 92.5 Å². The Morgan fingerprint density at radius 3 is 2.60 bits per heavy atom. The first-order valence-corrected chi connectivity index (χ1v) is 13.4. The van der Waals surface area contributed by atoms with Crippen LogP contribution < -0.4 is 11.1 Å². The fourth-order valence-corrected chi connectivity index (χ4v) is 5.61. The Morgan fingerprint density at radius 1 is 1.26 bits per heavy atom. The van der Waals surface area contributed by atoms with E-state index in [9.17, 15) is 26.4 Å². The van der Waals surface area contributed by atoms with Crippen LogP contribution in [-0.2, 0) is 22.6 Å². The van der Waals surface area contributed by atoms with Gasteiger partial charge in [0.15, 0.2) is 9.84 Å². The van der Waals surface area contributed by atoms with Crippen molar-refractivity contribution in [1.29, 1.82) is 0 Å². The minimum atomic E-state index is -4.71. The average Bonchev–Trinajstić information content (AvgIpc) is 2.81. The van der Waals surface area contributed by atoms with Crippen molar-refractivity contribution < 1.29 is 26.4 Å². The molecule has 1 amide bonds. The monoisotopic (exact) mass is 531 g/mol. The van der Waals surface area contributed by atoms with Crippen LogP contribution in [0.25, 0.3) is 0 Å². The number of halogens is 4. The first-order valence-electron chi connectivity index (χ1n) is 11.3. The van der Waals surface area contributed by atoms with Gasteiger partial charge in [0.25, 0.3) is 5.91 Å². The van der Waals surface area contributed by atoms with Crippen molar-refractivity contribution in [2.45, 2.75) is 50.5 Å². The van der Waals surface area contributed by atoms with Gasteiger partial charge in [-0.15, -0.1) is 0 Å². The highest BCUT2D eigenvalue weighted by Crippen LogP contribution is 2.36. The fraction of sp³-hybridized carbons (Fsp3) is 0.458. The molecule has 2 aromatic rings. The van der Waals surface area contributed by atoms with Gasteiger partial charge in [0.1, 0.15) is 0 Å². The van der Waals surface area contributed by atoms with E-state index in [0.717, 1.165) is 18.9 Å². The summed E-state index contributed by atoms with van der Waals surface area (Å²) in [7, 11) is -3.59. The first kappa shape index (κ1) is 27.4. The Morgan fingerprint density at radius 2 is 1.97 bits per heavy atom. The van der Waals surface area contributed by atoms with Crippen LogP contribution in [0.4, 0.5) is 13.2 Å². The summed E-state index contributed by atoms with van der Waals surface area (Å²) < 4.78 is 66.5. The van der Waals surface area contributed by atoms with Gasteiger partial charge < -0.3 is 11.1 Å². The molecule has 0 spiro atoms. The lowest BCUT2D eigenvalue weighted by Crippen LogP contribution is -2.42. The quantitative estimate of drug-likeness (QED) is 0.537. The van der Waals surface area contributed by atoms with Crippen molar-refractivity contribution in [3.63, 3.8) is 0 Å². The second-order valence-electron chi connectivity index (χ2n) is 8.83. The molecule has 35 heavy (non-hydrogen) atoms. The molecule has 1 aliphatic heterocycles. The summed E-state index contributed by atoms with van der Waals surface area (Å²) in [6.45, 7) is 4.51. The molecule has 11 heteroatoms. The number of piperidine rings is 1. The van der Waals surface area contributed by atoms with E-state index in [1.165, 1.54) is 37.3 Å². The maximum Gasteiger partial charge on any atom is 0.416 e. The van der Waals surface area contributed by atoms with Gasteiger partial charge >= 0.3 is 6.18 Å². The maximum absolute atomic E-state index is 13.9. The molecular weight excluding hydrogens is 503 g/mol. The van der Waals surface area contributed by atoms with E-state index >= 15 is 0 Å². The second kappa shape index (κ2) is 10.9. The Labute approximate surface area is 208 Å². The number of benzene rings is 2. The number of nitrogens with two attached hydrogens (primary N) is 1. The van der Waals surface area contributed by atoms with E-state index in [1.54, 1.807) is 0 Å². The van der Waals surface area contributed by atoms with E-state index in [2.05, 4.69) is 5.32 Å². The zero-order valence-corrected chi connectivity index (χ0v) is 21.1. The van der Waals surface area contributed by atoms with E-state index < -0.39 is 33.6 Å². The minimum absolute atomic E-state index is 0.0118. The highest BCUT2D eigenvalue weighted by molar-refractivity contribution is 7.91. The summed E-state index contributed by atoms with van der Waals surface area (Å²) in [6.07, 6.45) is -3.79. The molecule has 3 rings (SSSR count). The number of carbonyl (C=O) groups excluding carboxylic acids is 1. The molecule has 0 bridgehead atoms. The molecule has 1 aliphatic rings. The van der Waals surface area contributed by atoms with Gasteiger partial charge in [-0.05, 0) is 66.8 Å². The molecule has 0 aromatic heterocycles. The number of hydrogen-bond donors (Lipinski definition) is 2. The molecule has 1 heterocycles. The summed E-state index contributed by atoms with van der Waals surface area (Å²) in [6, 6.07) is 7.52. The second-order valence-corrected chi connectivity index (χ2v) is 11.5. The van der Waals surface area contributed by atoms with Gasteiger partial charge in [0.2, 0.25) is 0 Å². The number of amides is 1. The van der Waals surface area contributed by atoms with Gasteiger partial charge in [-0.25, -0.2) is 8.42 Å². The number of hydrogen-bond acceptors (Lipinski definition) is 5. The van der Waals surface area contributed by atoms with Crippen LogP contribution in [0, 0.1) is 5.92 Å². The molecule has 6 nitrogen and oxygen atoms in total. The van der Waals surface area contributed by atoms with Gasteiger partial charge in [-0.3, -0.25) is 9.69 Å². The molecule has 1 fully saturated rings. The SMILES string of the molecule is CCS(=O)(=O)c1ccc(Cl)cc1CNC(=O)c1ccc([C@H](N)N2CCCC(C)C2)c(C(F)(F)F)c1. The zero-order chi connectivity index (χ0) is 26.0. The maximum atomic E-state index is 13.9. The molecule has 2 atom stereocenters. The van der Waals surface area contributed by atoms with Gasteiger partial charge in [-0.1, -0.05) is 31.5 Å². The van der Waals surface area contributed by atoms with Gasteiger partial charge in [-0.2, -0.15) is 13.2 Å². The average molecular weight is 532 g/mol. The number of likely N-dealkylation sites (tertiary alicyclic amines) is 1. The van der Waals surface area contributed by atoms with Gasteiger partial charge in [0, 0.05) is 23.7 Å². The summed E-state index contributed by atoms with van der Waals surface area (Å²) in [5, 5.41) is 2.78. The summed E-state index contributed by atoms with van der Waals surface area (Å²) in [5.41, 5.74) is 5.22. The number of sulfone groups is 1. The number of alkyl halides is 3. The molecule has 1 saturated heterocycles. The van der Waals surface area contributed by atoms with Crippen LogP contribution in [0.1, 0.15) is 59.9 Å². The van der Waals surface area contributed by atoms with Crippen molar-refractivity contribution in [2.75, 3.05) is 18.8 Å². The Hall–Kier alpha value is -2.14. The van der Waals surface area contributed by atoms with Crippen LogP contribution in [0.5, 0.6) is 0 Å². The van der Waals surface area contributed by atoms with Crippen LogP contribution >= 0.6 is 11.6 Å². The lowest BCUT2D eigenvalue weighted by Gasteiger charge is -2.36. The van der Waals surface area contributed by atoms with Crippen LogP contribution in [-0.4, -0.2) is 38.1 Å². The van der Waals surface area contributed by atoms with Crippen molar-refractivity contribution >= 4 is 27.3 Å². The third kappa shape index (κ3) is 6.55. The molecule has 0 radical (unpaired) electrons. The predicted octanol–water partition coefficient (Wildman–Crippen LogP) is 4.77. The number of nitrogens with one attached hydrogen (secondary N) is 1. The van der Waals surface area contributed by atoms with Crippen molar-refractivity contribution in [3.05, 3.63) is 63.7 Å². The predicted molar refractivity (Wildman–Crippen MR) is 129 cm³/mol.